The molecule has 0 saturated carbocycles. The number of aliphatic hydroxyl groups is 1. The second-order valence-corrected chi connectivity index (χ2v) is 12.0. The summed E-state index contributed by atoms with van der Waals surface area (Å²) in [6.07, 6.45) is 41.2. The molecule has 212 valence electrons. The normalized spacial score (nSPS) is 12.0. The van der Waals surface area contributed by atoms with Crippen LogP contribution in [0.4, 0.5) is 0 Å². The fraction of sp³-hybridized carbons (Fsp3) is 1.00. The van der Waals surface area contributed by atoms with Crippen molar-refractivity contribution in [2.75, 3.05) is 6.61 Å². The van der Waals surface area contributed by atoms with Crippen molar-refractivity contribution in [3.05, 3.63) is 0 Å². The average Bonchev–Trinajstić information content (AvgIpc) is 2.87. The van der Waals surface area contributed by atoms with Crippen LogP contribution in [0.1, 0.15) is 207 Å². The Morgan fingerprint density at radius 3 is 0.800 bits per heavy atom. The van der Waals surface area contributed by atoms with Crippen LogP contribution in [-0.4, -0.2) is 11.7 Å². The second kappa shape index (κ2) is 28.5. The lowest BCUT2D eigenvalue weighted by molar-refractivity contribution is 0.171. The van der Waals surface area contributed by atoms with Crippen LogP contribution in [0.25, 0.3) is 0 Å². The Kier molecular flexibility index (Phi) is 28.5. The fourth-order valence-electron chi connectivity index (χ4n) is 6.09. The Bertz CT molecular complexity index is 336. The highest BCUT2D eigenvalue weighted by Crippen LogP contribution is 2.42. The van der Waals surface area contributed by atoms with Gasteiger partial charge in [0.2, 0.25) is 0 Å². The summed E-state index contributed by atoms with van der Waals surface area (Å²) in [5, 5.41) is 8.99. The Morgan fingerprint density at radius 1 is 0.314 bits per heavy atom. The molecule has 0 unspecified atom stereocenters. The van der Waals surface area contributed by atoms with Gasteiger partial charge in [-0.15, -0.1) is 0 Å². The molecule has 0 atom stereocenters. The van der Waals surface area contributed by atoms with Gasteiger partial charge in [0, 0.05) is 6.61 Å². The molecule has 0 fully saturated rings. The van der Waals surface area contributed by atoms with Crippen molar-refractivity contribution in [3.8, 4) is 0 Å². The molecule has 0 aromatic rings. The van der Waals surface area contributed by atoms with Crippen molar-refractivity contribution in [3.63, 3.8) is 0 Å². The third-order valence-electron chi connectivity index (χ3n) is 8.55. The van der Waals surface area contributed by atoms with Crippen LogP contribution in [0.3, 0.4) is 0 Å². The Labute approximate surface area is 224 Å². The molecule has 0 aliphatic carbocycles. The molecule has 0 rings (SSSR count). The van der Waals surface area contributed by atoms with Gasteiger partial charge in [0.25, 0.3) is 0 Å². The predicted octanol–water partition coefficient (Wildman–Crippen LogP) is 12.3. The predicted molar refractivity (Wildman–Crippen MR) is 160 cm³/mol. The smallest absolute Gasteiger partial charge is 0.0431 e. The summed E-state index contributed by atoms with van der Waals surface area (Å²) in [5.74, 6) is 0. The maximum Gasteiger partial charge on any atom is 0.0431 e. The van der Waals surface area contributed by atoms with E-state index in [2.05, 4.69) is 20.8 Å². The SMILES string of the molecule is CCCCCCCCC(CCCCCCCC)(CCCCCCCC)CCCCCCCCCO. The van der Waals surface area contributed by atoms with E-state index in [0.29, 0.717) is 12.0 Å². The van der Waals surface area contributed by atoms with Crippen molar-refractivity contribution in [2.24, 2.45) is 5.41 Å². The highest BCUT2D eigenvalue weighted by Gasteiger charge is 2.28. The van der Waals surface area contributed by atoms with E-state index in [1.165, 1.54) is 180 Å². The summed E-state index contributed by atoms with van der Waals surface area (Å²) in [5.41, 5.74) is 0.650. The summed E-state index contributed by atoms with van der Waals surface area (Å²) in [6.45, 7) is 7.37. The molecule has 0 saturated heterocycles. The monoisotopic (exact) mass is 495 g/mol. The minimum Gasteiger partial charge on any atom is -0.396 e. The van der Waals surface area contributed by atoms with E-state index < -0.39 is 0 Å². The van der Waals surface area contributed by atoms with Crippen molar-refractivity contribution in [2.45, 2.75) is 207 Å². The van der Waals surface area contributed by atoms with Gasteiger partial charge < -0.3 is 5.11 Å². The highest BCUT2D eigenvalue weighted by atomic mass is 16.2. The first-order valence-electron chi connectivity index (χ1n) is 16.9. The van der Waals surface area contributed by atoms with Gasteiger partial charge in [-0.25, -0.2) is 0 Å². The molecule has 0 aromatic carbocycles. The molecule has 0 heterocycles. The topological polar surface area (TPSA) is 20.2 Å². The fourth-order valence-corrected chi connectivity index (χ4v) is 6.09. The number of hydrogen-bond acceptors (Lipinski definition) is 1. The van der Waals surface area contributed by atoms with Crippen LogP contribution in [0.15, 0.2) is 0 Å². The van der Waals surface area contributed by atoms with Crippen molar-refractivity contribution < 1.29 is 5.11 Å². The van der Waals surface area contributed by atoms with Gasteiger partial charge in [-0.1, -0.05) is 175 Å². The highest BCUT2D eigenvalue weighted by molar-refractivity contribution is 4.80. The average molecular weight is 495 g/mol. The van der Waals surface area contributed by atoms with Crippen LogP contribution in [-0.2, 0) is 0 Å². The second-order valence-electron chi connectivity index (χ2n) is 12.0. The van der Waals surface area contributed by atoms with Crippen molar-refractivity contribution in [1.29, 1.82) is 0 Å². The van der Waals surface area contributed by atoms with E-state index in [4.69, 9.17) is 5.11 Å². The van der Waals surface area contributed by atoms with E-state index in [-0.39, 0.29) is 0 Å². The molecule has 0 spiro atoms. The molecule has 1 heteroatoms. The van der Waals surface area contributed by atoms with Crippen LogP contribution in [0.5, 0.6) is 0 Å². The zero-order valence-corrected chi connectivity index (χ0v) is 25.2. The molecular formula is C34H70O. The standard InChI is InChI=1S/C34H70O/c1-4-7-10-13-19-24-29-34(30-25-20-14-11-8-5-2,31-26-21-15-12-9-6-3)32-27-22-17-16-18-23-28-33-35/h35H,4-33H2,1-3H3. The van der Waals surface area contributed by atoms with E-state index in [0.717, 1.165) is 6.42 Å². The maximum absolute atomic E-state index is 8.99. The Balaban J connectivity index is 4.74. The molecule has 0 radical (unpaired) electrons. The lowest BCUT2D eigenvalue weighted by Crippen LogP contribution is -2.21. The van der Waals surface area contributed by atoms with Gasteiger partial charge >= 0.3 is 0 Å². The van der Waals surface area contributed by atoms with Gasteiger partial charge in [0.05, 0.1) is 0 Å². The minimum atomic E-state index is 0.373. The molecule has 0 bridgehead atoms. The molecule has 35 heavy (non-hydrogen) atoms. The first-order valence-corrected chi connectivity index (χ1v) is 16.9. The lowest BCUT2D eigenvalue weighted by Gasteiger charge is -2.35. The lowest BCUT2D eigenvalue weighted by atomic mass is 9.70. The molecule has 0 aliphatic heterocycles. The first kappa shape index (κ1) is 35.0. The van der Waals surface area contributed by atoms with Crippen molar-refractivity contribution in [1.82, 2.24) is 0 Å². The largest absolute Gasteiger partial charge is 0.396 e. The zero-order chi connectivity index (χ0) is 25.7. The van der Waals surface area contributed by atoms with E-state index in [1.54, 1.807) is 0 Å². The van der Waals surface area contributed by atoms with Crippen LogP contribution >= 0.6 is 0 Å². The maximum atomic E-state index is 8.99. The quantitative estimate of drug-likeness (QED) is 0.0984. The van der Waals surface area contributed by atoms with Gasteiger partial charge in [0.15, 0.2) is 0 Å². The van der Waals surface area contributed by atoms with Gasteiger partial charge in [-0.2, -0.15) is 0 Å². The number of hydrogen-bond donors (Lipinski definition) is 1. The Morgan fingerprint density at radius 2 is 0.543 bits per heavy atom. The van der Waals surface area contributed by atoms with E-state index in [9.17, 15) is 0 Å². The van der Waals surface area contributed by atoms with E-state index in [1.807, 2.05) is 0 Å². The molecule has 1 N–H and O–H groups in total. The zero-order valence-electron chi connectivity index (χ0n) is 25.2. The molecular weight excluding hydrogens is 424 g/mol. The number of rotatable bonds is 30. The number of unbranched alkanes of at least 4 members (excludes halogenated alkanes) is 21. The third kappa shape index (κ3) is 24.1. The summed E-state index contributed by atoms with van der Waals surface area (Å²) in [4.78, 5) is 0. The molecule has 1 nitrogen and oxygen atoms in total. The number of aliphatic hydroxyl groups excluding tert-OH is 1. The van der Waals surface area contributed by atoms with Gasteiger partial charge in [-0.3, -0.25) is 0 Å². The van der Waals surface area contributed by atoms with Crippen LogP contribution in [0, 0.1) is 5.41 Å². The summed E-state index contributed by atoms with van der Waals surface area (Å²) in [7, 11) is 0. The minimum absolute atomic E-state index is 0.373. The van der Waals surface area contributed by atoms with Gasteiger partial charge in [-0.05, 0) is 37.5 Å². The molecule has 0 aromatic heterocycles. The van der Waals surface area contributed by atoms with Crippen LogP contribution < -0.4 is 0 Å². The Hall–Kier alpha value is -0.0400. The third-order valence-corrected chi connectivity index (χ3v) is 8.55. The molecule has 0 amide bonds. The van der Waals surface area contributed by atoms with Crippen LogP contribution in [0.2, 0.25) is 0 Å². The summed E-state index contributed by atoms with van der Waals surface area (Å²) in [6, 6.07) is 0. The summed E-state index contributed by atoms with van der Waals surface area (Å²) < 4.78 is 0. The van der Waals surface area contributed by atoms with Gasteiger partial charge in [0.1, 0.15) is 0 Å². The first-order chi connectivity index (χ1) is 17.2. The van der Waals surface area contributed by atoms with Crippen molar-refractivity contribution >= 4 is 0 Å². The molecule has 0 aliphatic rings. The van der Waals surface area contributed by atoms with E-state index >= 15 is 0 Å². The summed E-state index contributed by atoms with van der Waals surface area (Å²) >= 11 is 0.